The van der Waals surface area contributed by atoms with Gasteiger partial charge in [-0.3, -0.25) is 0 Å². The highest BCUT2D eigenvalue weighted by Crippen LogP contribution is 2.27. The fourth-order valence-electron chi connectivity index (χ4n) is 2.35. The number of nitrogens with two attached hydrogens (primary N) is 1. The number of carboxylic acid groups (broad SMARTS) is 1. The predicted octanol–water partition coefficient (Wildman–Crippen LogP) is 2.85. The molecule has 1 aliphatic carbocycles. The van der Waals surface area contributed by atoms with E-state index >= 15 is 0 Å². The van der Waals surface area contributed by atoms with Crippen molar-refractivity contribution in [1.29, 1.82) is 0 Å². The minimum Gasteiger partial charge on any atom is -0.478 e. The number of carbonyl (C=O) groups is 1. The third-order valence-corrected chi connectivity index (χ3v) is 3.33. The van der Waals surface area contributed by atoms with Gasteiger partial charge in [-0.2, -0.15) is 0 Å². The lowest BCUT2D eigenvalue weighted by molar-refractivity contribution is 0.0692. The van der Waals surface area contributed by atoms with Crippen LogP contribution in [0, 0.1) is 5.82 Å². The van der Waals surface area contributed by atoms with Gasteiger partial charge in [-0.1, -0.05) is 19.3 Å². The van der Waals surface area contributed by atoms with E-state index in [1.54, 1.807) is 0 Å². The summed E-state index contributed by atoms with van der Waals surface area (Å²) in [6, 6.07) is 2.65. The second kappa shape index (κ2) is 5.25. The molecular weight excluding hydrogens is 235 g/mol. The number of aromatic carboxylic acids is 1. The minimum atomic E-state index is -1.30. The fourth-order valence-corrected chi connectivity index (χ4v) is 2.35. The van der Waals surface area contributed by atoms with Crippen molar-refractivity contribution in [2.75, 3.05) is 11.1 Å². The average molecular weight is 252 g/mol. The molecule has 4 N–H and O–H groups in total. The summed E-state index contributed by atoms with van der Waals surface area (Å²) >= 11 is 0. The average Bonchev–Trinajstić information content (AvgIpc) is 2.34. The Kier molecular flexibility index (Phi) is 3.69. The van der Waals surface area contributed by atoms with Gasteiger partial charge in [-0.15, -0.1) is 0 Å². The molecule has 0 saturated heterocycles. The Balaban J connectivity index is 2.18. The van der Waals surface area contributed by atoms with E-state index < -0.39 is 11.8 Å². The first-order valence-electron chi connectivity index (χ1n) is 6.17. The van der Waals surface area contributed by atoms with Crippen LogP contribution < -0.4 is 11.1 Å². The molecule has 1 aromatic rings. The van der Waals surface area contributed by atoms with Crippen molar-refractivity contribution in [3.63, 3.8) is 0 Å². The first-order chi connectivity index (χ1) is 8.58. The highest BCUT2D eigenvalue weighted by Gasteiger charge is 2.17. The van der Waals surface area contributed by atoms with Crippen LogP contribution in [0.25, 0.3) is 0 Å². The third-order valence-electron chi connectivity index (χ3n) is 3.33. The van der Waals surface area contributed by atoms with E-state index in [0.717, 1.165) is 25.7 Å². The van der Waals surface area contributed by atoms with Gasteiger partial charge in [0.1, 0.15) is 5.82 Å². The first kappa shape index (κ1) is 12.7. The molecular formula is C13H17FN2O2. The highest BCUT2D eigenvalue weighted by atomic mass is 19.1. The smallest absolute Gasteiger partial charge is 0.338 e. The number of nitrogens with one attached hydrogen (secondary N) is 1. The molecule has 0 spiro atoms. The summed E-state index contributed by atoms with van der Waals surface area (Å²) in [5, 5.41) is 12.0. The van der Waals surface area contributed by atoms with E-state index in [9.17, 15) is 9.18 Å². The summed E-state index contributed by atoms with van der Waals surface area (Å²) in [5.41, 5.74) is 6.13. The molecule has 1 fully saturated rings. The standard InChI is InChI=1S/C13H17FN2O2/c14-10-7-12(11(15)6-9(10)13(17)18)16-8-4-2-1-3-5-8/h6-8,16H,1-5,15H2,(H,17,18). The highest BCUT2D eigenvalue weighted by molar-refractivity contribution is 5.90. The Morgan fingerprint density at radius 3 is 2.61 bits per heavy atom. The molecule has 0 amide bonds. The zero-order valence-electron chi connectivity index (χ0n) is 10.1. The van der Waals surface area contributed by atoms with Crippen molar-refractivity contribution in [2.24, 2.45) is 0 Å². The Morgan fingerprint density at radius 2 is 2.00 bits per heavy atom. The van der Waals surface area contributed by atoms with Gasteiger partial charge in [0, 0.05) is 6.04 Å². The monoisotopic (exact) mass is 252 g/mol. The summed E-state index contributed by atoms with van der Waals surface area (Å²) in [7, 11) is 0. The van der Waals surface area contributed by atoms with Crippen LogP contribution in [0.3, 0.4) is 0 Å². The molecule has 0 bridgehead atoms. The SMILES string of the molecule is Nc1cc(C(=O)O)c(F)cc1NC1CCCCC1. The van der Waals surface area contributed by atoms with Crippen molar-refractivity contribution in [3.8, 4) is 0 Å². The number of nitrogen functional groups attached to an aromatic ring is 1. The van der Waals surface area contributed by atoms with Crippen LogP contribution in [0.2, 0.25) is 0 Å². The third kappa shape index (κ3) is 2.72. The molecule has 5 heteroatoms. The van der Waals surface area contributed by atoms with Gasteiger partial charge in [0.2, 0.25) is 0 Å². The van der Waals surface area contributed by atoms with Crippen LogP contribution in [-0.2, 0) is 0 Å². The van der Waals surface area contributed by atoms with Crippen LogP contribution in [0.15, 0.2) is 12.1 Å². The number of hydrogen-bond acceptors (Lipinski definition) is 3. The molecule has 1 saturated carbocycles. The minimum absolute atomic E-state index is 0.277. The van der Waals surface area contributed by atoms with E-state index in [-0.39, 0.29) is 11.3 Å². The Labute approximate surface area is 105 Å². The number of anilines is 2. The van der Waals surface area contributed by atoms with Gasteiger partial charge in [0.05, 0.1) is 16.9 Å². The normalized spacial score (nSPS) is 16.5. The molecule has 0 atom stereocenters. The van der Waals surface area contributed by atoms with Crippen molar-refractivity contribution < 1.29 is 14.3 Å². The lowest BCUT2D eigenvalue weighted by atomic mass is 9.95. The second-order valence-corrected chi connectivity index (χ2v) is 4.70. The maximum atomic E-state index is 13.6. The zero-order chi connectivity index (χ0) is 13.1. The van der Waals surface area contributed by atoms with Crippen LogP contribution in [-0.4, -0.2) is 17.1 Å². The maximum absolute atomic E-state index is 13.6. The summed E-state index contributed by atoms with van der Waals surface area (Å²) in [6.07, 6.45) is 5.64. The number of hydrogen-bond donors (Lipinski definition) is 3. The van der Waals surface area contributed by atoms with Crippen LogP contribution in [0.1, 0.15) is 42.5 Å². The Hall–Kier alpha value is -1.78. The zero-order valence-corrected chi connectivity index (χ0v) is 10.1. The number of rotatable bonds is 3. The van der Waals surface area contributed by atoms with Crippen LogP contribution in [0.4, 0.5) is 15.8 Å². The second-order valence-electron chi connectivity index (χ2n) is 4.70. The maximum Gasteiger partial charge on any atom is 0.338 e. The number of benzene rings is 1. The largest absolute Gasteiger partial charge is 0.478 e. The van der Waals surface area contributed by atoms with Crippen molar-refractivity contribution in [1.82, 2.24) is 0 Å². The lowest BCUT2D eigenvalue weighted by Crippen LogP contribution is -2.23. The van der Waals surface area contributed by atoms with Gasteiger partial charge in [-0.05, 0) is 25.0 Å². The van der Waals surface area contributed by atoms with Gasteiger partial charge in [0.25, 0.3) is 0 Å². The van der Waals surface area contributed by atoms with E-state index in [1.165, 1.54) is 18.6 Å². The van der Waals surface area contributed by atoms with E-state index in [0.29, 0.717) is 11.7 Å². The van der Waals surface area contributed by atoms with Crippen molar-refractivity contribution >= 4 is 17.3 Å². The quantitative estimate of drug-likeness (QED) is 0.723. The van der Waals surface area contributed by atoms with Gasteiger partial charge in [-0.25, -0.2) is 9.18 Å². The summed E-state index contributed by atoms with van der Waals surface area (Å²) in [6.45, 7) is 0. The summed E-state index contributed by atoms with van der Waals surface area (Å²) in [5.74, 6) is -2.06. The molecule has 2 rings (SSSR count). The fraction of sp³-hybridized carbons (Fsp3) is 0.462. The molecule has 18 heavy (non-hydrogen) atoms. The Morgan fingerprint density at radius 1 is 1.33 bits per heavy atom. The van der Waals surface area contributed by atoms with Gasteiger partial charge < -0.3 is 16.2 Å². The predicted molar refractivity (Wildman–Crippen MR) is 68.3 cm³/mol. The van der Waals surface area contributed by atoms with Crippen molar-refractivity contribution in [2.45, 2.75) is 38.1 Å². The Bertz CT molecular complexity index is 457. The topological polar surface area (TPSA) is 75.4 Å². The van der Waals surface area contributed by atoms with E-state index in [1.807, 2.05) is 0 Å². The van der Waals surface area contributed by atoms with Gasteiger partial charge in [0.15, 0.2) is 0 Å². The molecule has 1 aliphatic rings. The lowest BCUT2D eigenvalue weighted by Gasteiger charge is -2.24. The number of carboxylic acids is 1. The molecule has 0 aliphatic heterocycles. The van der Waals surface area contributed by atoms with Crippen LogP contribution in [0.5, 0.6) is 0 Å². The first-order valence-corrected chi connectivity index (χ1v) is 6.17. The molecule has 0 aromatic heterocycles. The van der Waals surface area contributed by atoms with E-state index in [4.69, 9.17) is 10.8 Å². The van der Waals surface area contributed by atoms with E-state index in [2.05, 4.69) is 5.32 Å². The molecule has 4 nitrogen and oxygen atoms in total. The summed E-state index contributed by atoms with van der Waals surface area (Å²) < 4.78 is 13.6. The molecule has 0 unspecified atom stereocenters. The number of halogens is 1. The molecule has 0 radical (unpaired) electrons. The molecule has 0 heterocycles. The van der Waals surface area contributed by atoms with Crippen LogP contribution >= 0.6 is 0 Å². The van der Waals surface area contributed by atoms with Gasteiger partial charge >= 0.3 is 5.97 Å². The summed E-state index contributed by atoms with van der Waals surface area (Å²) in [4.78, 5) is 10.8. The van der Waals surface area contributed by atoms with Crippen molar-refractivity contribution in [3.05, 3.63) is 23.5 Å². The molecule has 1 aromatic carbocycles. The molecule has 98 valence electrons.